The molecule has 2 atom stereocenters. The van der Waals surface area contributed by atoms with Crippen LogP contribution in [0.5, 0.6) is 0 Å². The highest BCUT2D eigenvalue weighted by molar-refractivity contribution is 9.13. The van der Waals surface area contributed by atoms with Crippen LogP contribution >= 0.6 is 31.9 Å². The summed E-state index contributed by atoms with van der Waals surface area (Å²) in [5, 5.41) is 5.68. The minimum Gasteiger partial charge on any atom is -0.444 e. The fraction of sp³-hybridized carbons (Fsp3) is 0.500. The number of ether oxygens (including phenoxy) is 1. The van der Waals surface area contributed by atoms with E-state index in [2.05, 4.69) is 52.5 Å². The largest absolute Gasteiger partial charge is 0.444 e. The quantitative estimate of drug-likeness (QED) is 0.493. The standard InChI is InChI=1S/C16H19Br2N5O3.C2H6/c1-16(2,3)26-15(25)22-14-20-9-5-4-6-23(12(9)21-14)13(24)10-7-8(17)11(18)19-10;1-2/h4-5,7,9,12,19H,6H2,1-3H3,(H2,20,21,22,25);1-2H3. The monoisotopic (exact) mass is 517 g/mol. The molecule has 0 aromatic carbocycles. The SMILES string of the molecule is CC.CC(C)(C)OC(=O)NC1=NC2C(C=CCN2C(=O)c2cc(Br)c(Br)[nH]2)N1. The van der Waals surface area contributed by atoms with Gasteiger partial charge in [0, 0.05) is 6.54 Å². The number of rotatable bonds is 1. The Morgan fingerprint density at radius 2 is 2.00 bits per heavy atom. The lowest BCUT2D eigenvalue weighted by molar-refractivity contribution is 0.0561. The first kappa shape index (κ1) is 22.5. The number of H-pyrrole nitrogens is 1. The van der Waals surface area contributed by atoms with Gasteiger partial charge in [0.25, 0.3) is 5.91 Å². The van der Waals surface area contributed by atoms with Gasteiger partial charge in [0.15, 0.2) is 6.17 Å². The Hall–Kier alpha value is -1.81. The van der Waals surface area contributed by atoms with E-state index >= 15 is 0 Å². The van der Waals surface area contributed by atoms with Gasteiger partial charge in [0.2, 0.25) is 5.96 Å². The molecule has 2 amide bonds. The minimum atomic E-state index is -0.605. The van der Waals surface area contributed by atoms with E-state index in [1.54, 1.807) is 31.7 Å². The number of alkyl carbamates (subject to hydrolysis) is 1. The second-order valence-corrected chi connectivity index (χ2v) is 8.57. The van der Waals surface area contributed by atoms with Crippen LogP contribution in [0.3, 0.4) is 0 Å². The molecule has 0 saturated carbocycles. The third-order valence-corrected chi connectivity index (χ3v) is 5.47. The molecule has 1 aromatic heterocycles. The number of carbonyl (C=O) groups excluding carboxylic acids is 2. The molecule has 2 aliphatic heterocycles. The van der Waals surface area contributed by atoms with Crippen LogP contribution in [0.1, 0.15) is 45.1 Å². The molecule has 3 N–H and O–H groups in total. The molecule has 0 radical (unpaired) electrons. The van der Waals surface area contributed by atoms with E-state index in [9.17, 15) is 9.59 Å². The van der Waals surface area contributed by atoms with E-state index in [1.165, 1.54) is 0 Å². The number of hydrogen-bond acceptors (Lipinski definition) is 5. The van der Waals surface area contributed by atoms with E-state index in [1.807, 2.05) is 26.0 Å². The molecule has 0 spiro atoms. The van der Waals surface area contributed by atoms with Crippen molar-refractivity contribution in [1.82, 2.24) is 20.5 Å². The van der Waals surface area contributed by atoms with Crippen LogP contribution in [-0.2, 0) is 4.74 Å². The van der Waals surface area contributed by atoms with Gasteiger partial charge >= 0.3 is 6.09 Å². The number of hydrogen-bond donors (Lipinski definition) is 3. The van der Waals surface area contributed by atoms with E-state index in [-0.39, 0.29) is 17.9 Å². The first-order valence-electron chi connectivity index (χ1n) is 9.00. The topological polar surface area (TPSA) is 98.8 Å². The maximum absolute atomic E-state index is 12.8. The molecule has 8 nitrogen and oxygen atoms in total. The van der Waals surface area contributed by atoms with Crippen LogP contribution in [0.15, 0.2) is 32.3 Å². The summed E-state index contributed by atoms with van der Waals surface area (Å²) in [6.45, 7) is 9.78. The summed E-state index contributed by atoms with van der Waals surface area (Å²) in [7, 11) is 0. The molecule has 3 rings (SSSR count). The normalized spacial score (nSPS) is 20.4. The Labute approximate surface area is 181 Å². The van der Waals surface area contributed by atoms with Gasteiger partial charge in [-0.2, -0.15) is 0 Å². The van der Waals surface area contributed by atoms with Crippen molar-refractivity contribution in [2.45, 2.75) is 52.4 Å². The zero-order valence-corrected chi connectivity index (χ0v) is 19.6. The van der Waals surface area contributed by atoms with Gasteiger partial charge in [-0.15, -0.1) is 0 Å². The molecule has 10 heteroatoms. The summed E-state index contributed by atoms with van der Waals surface area (Å²) >= 11 is 6.70. The van der Waals surface area contributed by atoms with Crippen molar-refractivity contribution in [1.29, 1.82) is 0 Å². The lowest BCUT2D eigenvalue weighted by atomic mass is 10.1. The molecule has 0 fully saturated rings. The fourth-order valence-electron chi connectivity index (χ4n) is 2.67. The summed E-state index contributed by atoms with van der Waals surface area (Å²) in [6, 6.07) is 1.51. The number of halogens is 2. The summed E-state index contributed by atoms with van der Waals surface area (Å²) in [4.78, 5) is 33.8. The van der Waals surface area contributed by atoms with Gasteiger partial charge < -0.3 is 19.9 Å². The Kier molecular flexibility index (Phi) is 7.33. The maximum atomic E-state index is 12.8. The number of amides is 2. The van der Waals surface area contributed by atoms with Crippen molar-refractivity contribution in [3.63, 3.8) is 0 Å². The van der Waals surface area contributed by atoms with E-state index in [0.717, 1.165) is 4.47 Å². The Morgan fingerprint density at radius 3 is 2.57 bits per heavy atom. The number of guanidine groups is 1. The molecule has 0 aliphatic carbocycles. The second kappa shape index (κ2) is 9.13. The van der Waals surface area contributed by atoms with Crippen molar-refractivity contribution < 1.29 is 14.3 Å². The lowest BCUT2D eigenvalue weighted by Gasteiger charge is -2.31. The average molecular weight is 519 g/mol. The Morgan fingerprint density at radius 1 is 1.32 bits per heavy atom. The highest BCUT2D eigenvalue weighted by Gasteiger charge is 2.38. The minimum absolute atomic E-state index is 0.181. The molecular weight excluding hydrogens is 494 g/mol. The second-order valence-electron chi connectivity index (χ2n) is 6.92. The van der Waals surface area contributed by atoms with Crippen LogP contribution in [0.2, 0.25) is 0 Å². The fourth-order valence-corrected chi connectivity index (χ4v) is 3.32. The zero-order valence-electron chi connectivity index (χ0n) is 16.5. The van der Waals surface area contributed by atoms with Gasteiger partial charge in [-0.3, -0.25) is 10.1 Å². The van der Waals surface area contributed by atoms with Crippen LogP contribution in [0.4, 0.5) is 4.79 Å². The molecule has 0 saturated heterocycles. The molecule has 2 unspecified atom stereocenters. The molecule has 2 aliphatic rings. The number of aliphatic imine (C=N–C) groups is 1. The number of aromatic nitrogens is 1. The number of nitrogens with one attached hydrogen (secondary N) is 3. The third-order valence-electron chi connectivity index (χ3n) is 3.69. The van der Waals surface area contributed by atoms with Gasteiger partial charge in [-0.1, -0.05) is 26.0 Å². The predicted octanol–water partition coefficient (Wildman–Crippen LogP) is 3.76. The highest BCUT2D eigenvalue weighted by atomic mass is 79.9. The van der Waals surface area contributed by atoms with E-state index in [4.69, 9.17) is 4.74 Å². The predicted molar refractivity (Wildman–Crippen MR) is 115 cm³/mol. The molecule has 28 heavy (non-hydrogen) atoms. The van der Waals surface area contributed by atoms with Crippen molar-refractivity contribution >= 4 is 49.8 Å². The van der Waals surface area contributed by atoms with Crippen LogP contribution in [0, 0.1) is 0 Å². The van der Waals surface area contributed by atoms with Crippen LogP contribution in [0.25, 0.3) is 0 Å². The van der Waals surface area contributed by atoms with Gasteiger partial charge in [0.05, 0.1) is 15.1 Å². The zero-order chi connectivity index (χ0) is 21.1. The van der Waals surface area contributed by atoms with Gasteiger partial charge in [-0.25, -0.2) is 9.79 Å². The molecule has 0 bridgehead atoms. The highest BCUT2D eigenvalue weighted by Crippen LogP contribution is 2.26. The van der Waals surface area contributed by atoms with Crippen LogP contribution in [-0.4, -0.2) is 52.2 Å². The smallest absolute Gasteiger partial charge is 0.414 e. The first-order valence-corrected chi connectivity index (χ1v) is 10.6. The van der Waals surface area contributed by atoms with Crippen molar-refractivity contribution in [2.75, 3.05) is 6.54 Å². The summed E-state index contributed by atoms with van der Waals surface area (Å²) in [5.74, 6) is 0.104. The Bertz CT molecular complexity index is 778. The van der Waals surface area contributed by atoms with Crippen LogP contribution < -0.4 is 10.6 Å². The maximum Gasteiger partial charge on any atom is 0.414 e. The van der Waals surface area contributed by atoms with E-state index < -0.39 is 17.9 Å². The van der Waals surface area contributed by atoms with Crippen molar-refractivity contribution in [3.05, 3.63) is 33.0 Å². The number of carbonyl (C=O) groups is 2. The number of fused-ring (bicyclic) bond motifs is 1. The molecular formula is C18H25Br2N5O3. The average Bonchev–Trinajstić information content (AvgIpc) is 3.16. The summed E-state index contributed by atoms with van der Waals surface area (Å²) in [5.41, 5.74) is -0.159. The number of nitrogens with zero attached hydrogens (tertiary/aromatic N) is 2. The summed E-state index contributed by atoms with van der Waals surface area (Å²) in [6.07, 6.45) is 2.78. The number of aromatic amines is 1. The van der Waals surface area contributed by atoms with E-state index in [0.29, 0.717) is 16.8 Å². The molecule has 1 aromatic rings. The molecule has 3 heterocycles. The third kappa shape index (κ3) is 5.38. The van der Waals surface area contributed by atoms with Gasteiger partial charge in [-0.05, 0) is 58.7 Å². The van der Waals surface area contributed by atoms with Crippen molar-refractivity contribution in [3.8, 4) is 0 Å². The van der Waals surface area contributed by atoms with Gasteiger partial charge in [0.1, 0.15) is 11.3 Å². The molecule has 154 valence electrons. The first-order chi connectivity index (χ1) is 13.1. The van der Waals surface area contributed by atoms with Crippen molar-refractivity contribution in [2.24, 2.45) is 4.99 Å². The Balaban J connectivity index is 0.00000136. The summed E-state index contributed by atoms with van der Waals surface area (Å²) < 4.78 is 6.70. The lowest BCUT2D eigenvalue weighted by Crippen LogP contribution is -2.50.